The van der Waals surface area contributed by atoms with Crippen LogP contribution in [-0.4, -0.2) is 69.0 Å². The number of benzene rings is 1. The van der Waals surface area contributed by atoms with Crippen LogP contribution in [0.3, 0.4) is 0 Å². The highest BCUT2D eigenvalue weighted by Gasteiger charge is 2.19. The average Bonchev–Trinajstić information content (AvgIpc) is 2.90. The Hall–Kier alpha value is -1.24. The highest BCUT2D eigenvalue weighted by Crippen LogP contribution is 2.33. The molecule has 1 rings (SSSR count). The normalized spacial score (nSPS) is 13.2. The van der Waals surface area contributed by atoms with Crippen LogP contribution in [-0.2, 0) is 25.0 Å². The molecule has 0 saturated heterocycles. The molecule has 0 aromatic heterocycles. The predicted molar refractivity (Wildman–Crippen MR) is 165 cm³/mol. The smallest absolute Gasteiger partial charge is 0.330 e. The minimum Gasteiger partial charge on any atom is -0.490 e. The molecule has 7 nitrogen and oxygen atoms in total. The zero-order chi connectivity index (χ0) is 29.5. The van der Waals surface area contributed by atoms with Crippen molar-refractivity contribution in [3.8, 4) is 5.75 Å². The van der Waals surface area contributed by atoms with E-state index >= 15 is 0 Å². The minimum atomic E-state index is -2.04. The second-order valence-corrected chi connectivity index (χ2v) is 12.8. The summed E-state index contributed by atoms with van der Waals surface area (Å²) in [5.74, 6) is 0.451. The molecule has 0 aliphatic carbocycles. The van der Waals surface area contributed by atoms with Gasteiger partial charge in [0.05, 0.1) is 27.7 Å². The van der Waals surface area contributed by atoms with Gasteiger partial charge >= 0.3 is 14.6 Å². The zero-order valence-electron chi connectivity index (χ0n) is 26.2. The third-order valence-corrected chi connectivity index (χ3v) is 7.51. The van der Waals surface area contributed by atoms with Crippen LogP contribution in [0.25, 0.3) is 0 Å². The van der Waals surface area contributed by atoms with Gasteiger partial charge in [0.1, 0.15) is 25.5 Å². The van der Waals surface area contributed by atoms with Crippen LogP contribution in [0.5, 0.6) is 5.75 Å². The fourth-order valence-corrected chi connectivity index (χ4v) is 4.90. The molecular weight excluding hydrogens is 525 g/mol. The summed E-state index contributed by atoms with van der Waals surface area (Å²) in [7, 11) is 4.12. The maximum Gasteiger partial charge on any atom is 0.330 e. The van der Waals surface area contributed by atoms with Crippen molar-refractivity contribution in [3.05, 3.63) is 29.8 Å². The average molecular weight is 585 g/mol. The lowest BCUT2D eigenvalue weighted by Crippen LogP contribution is -2.37. The number of carbonyl (C=O) groups excluding carboxylic acids is 1. The van der Waals surface area contributed by atoms with E-state index in [2.05, 4.69) is 40.2 Å². The number of unbranched alkanes of at least 4 members (excludes halogenated alkanes) is 11. The van der Waals surface area contributed by atoms with Gasteiger partial charge in [0.15, 0.2) is 6.10 Å². The van der Waals surface area contributed by atoms with E-state index in [0.29, 0.717) is 19.4 Å². The van der Waals surface area contributed by atoms with E-state index in [1.807, 2.05) is 19.1 Å². The maximum atomic E-state index is 12.1. The minimum absolute atomic E-state index is 0.0145. The van der Waals surface area contributed by atoms with E-state index in [4.69, 9.17) is 18.5 Å². The molecule has 0 aliphatic rings. The van der Waals surface area contributed by atoms with Crippen LogP contribution in [0.15, 0.2) is 24.3 Å². The van der Waals surface area contributed by atoms with E-state index in [9.17, 15) is 9.69 Å². The zero-order valence-corrected chi connectivity index (χ0v) is 27.1. The third-order valence-electron chi connectivity index (χ3n) is 6.74. The first-order valence-corrected chi connectivity index (χ1v) is 16.8. The van der Waals surface area contributed by atoms with Crippen LogP contribution < -0.4 is 4.74 Å². The van der Waals surface area contributed by atoms with Gasteiger partial charge in [-0.05, 0) is 37.0 Å². The number of rotatable bonds is 26. The molecule has 0 spiro atoms. The molecular formula is C32H59NO6P+. The maximum absolute atomic E-state index is 12.1. The van der Waals surface area contributed by atoms with E-state index in [0.717, 1.165) is 23.2 Å². The van der Waals surface area contributed by atoms with Crippen LogP contribution >= 0.6 is 8.60 Å². The molecule has 8 heteroatoms. The van der Waals surface area contributed by atoms with Gasteiger partial charge in [-0.1, -0.05) is 96.6 Å². The second-order valence-electron chi connectivity index (χ2n) is 11.8. The van der Waals surface area contributed by atoms with Crippen molar-refractivity contribution in [2.24, 2.45) is 0 Å². The standard InChI is InChI=1S/C32H59NO6P/c1-6-8-9-10-11-12-13-14-15-16-17-18-21-29-22-19-23-30(26-29)36-27-31(39-32(34)20-7-2)28-38-40(35)37-25-24-33(3,4)5/h19,22-23,26,31,35H,6-18,20-21,24-25,27-28H2,1-5H3/q+1. The number of hydrogen-bond donors (Lipinski definition) is 1. The van der Waals surface area contributed by atoms with Crippen molar-refractivity contribution < 1.29 is 32.7 Å². The van der Waals surface area contributed by atoms with Crippen molar-refractivity contribution >= 4 is 14.6 Å². The molecule has 232 valence electrons. The van der Waals surface area contributed by atoms with E-state index < -0.39 is 14.7 Å². The molecule has 2 atom stereocenters. The molecule has 0 aliphatic heterocycles. The summed E-state index contributed by atoms with van der Waals surface area (Å²) < 4.78 is 23.1. The van der Waals surface area contributed by atoms with Crippen LogP contribution in [0.2, 0.25) is 0 Å². The predicted octanol–water partition coefficient (Wildman–Crippen LogP) is 7.98. The van der Waals surface area contributed by atoms with Gasteiger partial charge in [0.2, 0.25) is 0 Å². The molecule has 0 saturated carbocycles. The topological polar surface area (TPSA) is 74.2 Å². The Morgan fingerprint density at radius 1 is 0.850 bits per heavy atom. The summed E-state index contributed by atoms with van der Waals surface area (Å²) in [6, 6.07) is 8.13. The van der Waals surface area contributed by atoms with Crippen LogP contribution in [0, 0.1) is 0 Å². The number of aryl methyl sites for hydroxylation is 1. The third kappa shape index (κ3) is 21.5. The van der Waals surface area contributed by atoms with Gasteiger partial charge in [-0.25, -0.2) is 0 Å². The molecule has 40 heavy (non-hydrogen) atoms. The van der Waals surface area contributed by atoms with E-state index in [1.54, 1.807) is 0 Å². The van der Waals surface area contributed by atoms with Gasteiger partial charge in [0.25, 0.3) is 0 Å². The lowest BCUT2D eigenvalue weighted by atomic mass is 10.0. The summed E-state index contributed by atoms with van der Waals surface area (Å²) in [4.78, 5) is 22.2. The molecule has 1 N–H and O–H groups in total. The van der Waals surface area contributed by atoms with Crippen LogP contribution in [0.1, 0.15) is 109 Å². The number of hydrogen-bond acceptors (Lipinski definition) is 6. The SMILES string of the molecule is CCCCCCCCCCCCCCc1cccc(OCC(COP(O)OCC[N+](C)(C)C)OC(=O)CCC)c1. The Morgan fingerprint density at radius 2 is 1.48 bits per heavy atom. The van der Waals surface area contributed by atoms with Crippen molar-refractivity contribution in [1.29, 1.82) is 0 Å². The van der Waals surface area contributed by atoms with Gasteiger partial charge in [0, 0.05) is 6.42 Å². The Kier molecular flexibility index (Phi) is 21.5. The Labute approximate surface area is 246 Å². The quantitative estimate of drug-likeness (QED) is 0.0515. The molecule has 0 bridgehead atoms. The Balaban J connectivity index is 2.35. The molecule has 1 aromatic carbocycles. The first-order valence-electron chi connectivity index (χ1n) is 15.7. The first kappa shape index (κ1) is 36.8. The summed E-state index contributed by atoms with van der Waals surface area (Å²) in [6.07, 6.45) is 17.6. The van der Waals surface area contributed by atoms with E-state index in [1.165, 1.54) is 82.6 Å². The van der Waals surface area contributed by atoms with Crippen molar-refractivity contribution in [2.75, 3.05) is 47.5 Å². The van der Waals surface area contributed by atoms with E-state index in [-0.39, 0.29) is 19.2 Å². The largest absolute Gasteiger partial charge is 0.490 e. The summed E-state index contributed by atoms with van der Waals surface area (Å²) >= 11 is 0. The number of ether oxygens (including phenoxy) is 2. The number of likely N-dealkylation sites (N-methyl/N-ethyl adjacent to an activating group) is 1. The Morgan fingerprint density at radius 3 is 2.08 bits per heavy atom. The summed E-state index contributed by atoms with van der Waals surface area (Å²) in [5.41, 5.74) is 1.25. The molecule has 0 fully saturated rings. The number of quaternary nitrogens is 1. The second kappa shape index (κ2) is 23.3. The van der Waals surface area contributed by atoms with Gasteiger partial charge in [-0.15, -0.1) is 0 Å². The Bertz CT molecular complexity index is 757. The van der Waals surface area contributed by atoms with Gasteiger partial charge < -0.3 is 27.9 Å². The summed E-state index contributed by atoms with van der Waals surface area (Å²) in [5, 5.41) is 0. The monoisotopic (exact) mass is 584 g/mol. The fraction of sp³-hybridized carbons (Fsp3) is 0.781. The van der Waals surface area contributed by atoms with Crippen molar-refractivity contribution in [2.45, 2.75) is 116 Å². The van der Waals surface area contributed by atoms with Crippen molar-refractivity contribution in [3.63, 3.8) is 0 Å². The molecule has 0 heterocycles. The lowest BCUT2D eigenvalue weighted by molar-refractivity contribution is -0.870. The summed E-state index contributed by atoms with van der Waals surface area (Å²) in [6.45, 7) is 5.50. The highest BCUT2D eigenvalue weighted by atomic mass is 31.2. The highest BCUT2D eigenvalue weighted by molar-refractivity contribution is 7.40. The fourth-order valence-electron chi connectivity index (χ4n) is 4.29. The molecule has 0 radical (unpaired) electrons. The molecule has 0 amide bonds. The first-order chi connectivity index (χ1) is 19.2. The number of carbonyl (C=O) groups is 1. The molecule has 1 aromatic rings. The number of esters is 1. The number of nitrogens with zero attached hydrogens (tertiary/aromatic N) is 1. The lowest BCUT2D eigenvalue weighted by Gasteiger charge is -2.24. The van der Waals surface area contributed by atoms with Gasteiger partial charge in [-0.2, -0.15) is 0 Å². The van der Waals surface area contributed by atoms with Gasteiger partial charge in [-0.3, -0.25) is 4.79 Å². The molecule has 2 unspecified atom stereocenters. The van der Waals surface area contributed by atoms with Crippen molar-refractivity contribution in [1.82, 2.24) is 0 Å². The van der Waals surface area contributed by atoms with Crippen LogP contribution in [0.4, 0.5) is 0 Å².